The highest BCUT2D eigenvalue weighted by Gasteiger charge is 2.31. The van der Waals surface area contributed by atoms with Gasteiger partial charge in [0.2, 0.25) is 0 Å². The normalized spacial score (nSPS) is 15.3. The fourth-order valence-electron chi connectivity index (χ4n) is 2.53. The summed E-state index contributed by atoms with van der Waals surface area (Å²) in [6.45, 7) is 12.1. The minimum absolute atomic E-state index is 0.00708. The lowest BCUT2D eigenvalue weighted by Crippen LogP contribution is -2.45. The van der Waals surface area contributed by atoms with Crippen molar-refractivity contribution in [2.75, 3.05) is 6.54 Å². The van der Waals surface area contributed by atoms with Crippen LogP contribution >= 0.6 is 0 Å². The first-order valence-corrected chi connectivity index (χ1v) is 7.41. The first-order valence-electron chi connectivity index (χ1n) is 7.41. The zero-order valence-electron chi connectivity index (χ0n) is 13.0. The summed E-state index contributed by atoms with van der Waals surface area (Å²) in [6, 6.07) is 7.36. The molecule has 1 aromatic rings. The van der Waals surface area contributed by atoms with Crippen molar-refractivity contribution in [2.24, 2.45) is 5.92 Å². The van der Waals surface area contributed by atoms with Crippen LogP contribution in [0.3, 0.4) is 0 Å². The van der Waals surface area contributed by atoms with Gasteiger partial charge in [0.1, 0.15) is 5.82 Å². The molecule has 1 nitrogen and oxygen atoms in total. The van der Waals surface area contributed by atoms with E-state index in [2.05, 4.69) is 39.9 Å². The first-order chi connectivity index (χ1) is 8.91. The average Bonchev–Trinajstić information content (AvgIpc) is 2.38. The van der Waals surface area contributed by atoms with E-state index in [9.17, 15) is 4.39 Å². The van der Waals surface area contributed by atoms with E-state index in [-0.39, 0.29) is 11.2 Å². The van der Waals surface area contributed by atoms with Crippen LogP contribution in [0.1, 0.15) is 53.0 Å². The van der Waals surface area contributed by atoms with Crippen LogP contribution in [0.2, 0.25) is 0 Å². The number of benzene rings is 1. The van der Waals surface area contributed by atoms with Gasteiger partial charge in [0.15, 0.2) is 0 Å². The van der Waals surface area contributed by atoms with Crippen molar-refractivity contribution in [2.45, 2.75) is 58.9 Å². The Kier molecular flexibility index (Phi) is 5.99. The fraction of sp³-hybridized carbons (Fsp3) is 0.647. The summed E-state index contributed by atoms with van der Waals surface area (Å²) in [5.41, 5.74) is 1.20. The van der Waals surface area contributed by atoms with Crippen LogP contribution in [0, 0.1) is 11.7 Å². The number of hydrogen-bond donors (Lipinski definition) is 1. The third-order valence-corrected chi connectivity index (χ3v) is 4.24. The monoisotopic (exact) mass is 265 g/mol. The third kappa shape index (κ3) is 4.31. The highest BCUT2D eigenvalue weighted by molar-refractivity contribution is 5.26. The molecular formula is C17H28FN. The SMILES string of the molecule is CCNC(CC(C)CC)C(C)(C)c1ccc(F)cc1. The summed E-state index contributed by atoms with van der Waals surface area (Å²) in [5, 5.41) is 3.61. The Morgan fingerprint density at radius 1 is 1.16 bits per heavy atom. The molecule has 19 heavy (non-hydrogen) atoms. The second-order valence-corrected chi connectivity index (χ2v) is 6.09. The second-order valence-electron chi connectivity index (χ2n) is 6.09. The summed E-state index contributed by atoms with van der Waals surface area (Å²) < 4.78 is 13.1. The van der Waals surface area contributed by atoms with E-state index in [1.807, 2.05) is 12.1 Å². The molecule has 0 radical (unpaired) electrons. The van der Waals surface area contributed by atoms with Gasteiger partial charge in [-0.05, 0) is 36.6 Å². The minimum atomic E-state index is -0.165. The van der Waals surface area contributed by atoms with Crippen LogP contribution < -0.4 is 5.32 Å². The van der Waals surface area contributed by atoms with Gasteiger partial charge in [0, 0.05) is 11.5 Å². The molecule has 1 aromatic carbocycles. The molecular weight excluding hydrogens is 237 g/mol. The molecule has 1 N–H and O–H groups in total. The fourth-order valence-corrected chi connectivity index (χ4v) is 2.53. The van der Waals surface area contributed by atoms with E-state index < -0.39 is 0 Å². The smallest absolute Gasteiger partial charge is 0.123 e. The van der Waals surface area contributed by atoms with Gasteiger partial charge in [-0.25, -0.2) is 4.39 Å². The van der Waals surface area contributed by atoms with Gasteiger partial charge in [-0.15, -0.1) is 0 Å². The van der Waals surface area contributed by atoms with Gasteiger partial charge in [0.25, 0.3) is 0 Å². The van der Waals surface area contributed by atoms with Crippen LogP contribution in [-0.2, 0) is 5.41 Å². The van der Waals surface area contributed by atoms with Crippen molar-refractivity contribution in [3.63, 3.8) is 0 Å². The summed E-state index contributed by atoms with van der Waals surface area (Å²) in [7, 11) is 0. The lowest BCUT2D eigenvalue weighted by Gasteiger charge is -2.37. The summed E-state index contributed by atoms with van der Waals surface area (Å²) >= 11 is 0. The van der Waals surface area contributed by atoms with Crippen LogP contribution in [0.4, 0.5) is 4.39 Å². The molecule has 0 amide bonds. The van der Waals surface area contributed by atoms with Gasteiger partial charge < -0.3 is 5.32 Å². The van der Waals surface area contributed by atoms with Crippen molar-refractivity contribution in [3.8, 4) is 0 Å². The van der Waals surface area contributed by atoms with Crippen LogP contribution in [0.5, 0.6) is 0 Å². The number of likely N-dealkylation sites (N-methyl/N-ethyl adjacent to an activating group) is 1. The van der Waals surface area contributed by atoms with Crippen LogP contribution in [-0.4, -0.2) is 12.6 Å². The molecule has 0 aromatic heterocycles. The molecule has 0 bridgehead atoms. The van der Waals surface area contributed by atoms with E-state index in [1.165, 1.54) is 12.0 Å². The average molecular weight is 265 g/mol. The van der Waals surface area contributed by atoms with Crippen molar-refractivity contribution >= 4 is 0 Å². The van der Waals surface area contributed by atoms with Gasteiger partial charge in [-0.1, -0.05) is 53.2 Å². The Hall–Kier alpha value is -0.890. The summed E-state index contributed by atoms with van der Waals surface area (Å²) in [5.74, 6) is 0.533. The van der Waals surface area contributed by atoms with Crippen molar-refractivity contribution in [1.82, 2.24) is 5.32 Å². The molecule has 0 fully saturated rings. The Balaban J connectivity index is 2.94. The van der Waals surface area contributed by atoms with E-state index in [0.29, 0.717) is 12.0 Å². The maximum Gasteiger partial charge on any atom is 0.123 e. The molecule has 0 spiro atoms. The molecule has 0 aliphatic carbocycles. The van der Waals surface area contributed by atoms with Crippen LogP contribution in [0.25, 0.3) is 0 Å². The van der Waals surface area contributed by atoms with E-state index in [0.717, 1.165) is 13.0 Å². The molecule has 2 heteroatoms. The largest absolute Gasteiger partial charge is 0.313 e. The number of halogens is 1. The lowest BCUT2D eigenvalue weighted by molar-refractivity contribution is 0.287. The van der Waals surface area contributed by atoms with Crippen molar-refractivity contribution < 1.29 is 4.39 Å². The lowest BCUT2D eigenvalue weighted by atomic mass is 9.74. The molecule has 0 aliphatic heterocycles. The third-order valence-electron chi connectivity index (χ3n) is 4.24. The molecule has 0 aliphatic rings. The standard InChI is InChI=1S/C17H28FN/c1-6-13(3)12-16(19-7-2)17(4,5)14-8-10-15(18)11-9-14/h8-11,13,16,19H,6-7,12H2,1-5H3. The van der Waals surface area contributed by atoms with Gasteiger partial charge in [0.05, 0.1) is 0 Å². The number of nitrogens with one attached hydrogen (secondary N) is 1. The Morgan fingerprint density at radius 3 is 2.21 bits per heavy atom. The Bertz CT molecular complexity index is 369. The van der Waals surface area contributed by atoms with Crippen molar-refractivity contribution in [1.29, 1.82) is 0 Å². The number of rotatable bonds is 7. The summed E-state index contributed by atoms with van der Waals surface area (Å²) in [6.07, 6.45) is 2.34. The zero-order chi connectivity index (χ0) is 14.5. The van der Waals surface area contributed by atoms with Crippen LogP contribution in [0.15, 0.2) is 24.3 Å². The Labute approximate surface area is 117 Å². The molecule has 2 atom stereocenters. The van der Waals surface area contributed by atoms with E-state index in [4.69, 9.17) is 0 Å². The predicted molar refractivity (Wildman–Crippen MR) is 81.0 cm³/mol. The van der Waals surface area contributed by atoms with E-state index >= 15 is 0 Å². The molecule has 1 rings (SSSR count). The maximum absolute atomic E-state index is 13.1. The zero-order valence-corrected chi connectivity index (χ0v) is 13.0. The highest BCUT2D eigenvalue weighted by Crippen LogP contribution is 2.31. The van der Waals surface area contributed by atoms with Gasteiger partial charge in [-0.3, -0.25) is 0 Å². The maximum atomic E-state index is 13.1. The van der Waals surface area contributed by atoms with Crippen molar-refractivity contribution in [3.05, 3.63) is 35.6 Å². The highest BCUT2D eigenvalue weighted by atomic mass is 19.1. The van der Waals surface area contributed by atoms with Gasteiger partial charge in [-0.2, -0.15) is 0 Å². The molecule has 0 saturated heterocycles. The molecule has 2 unspecified atom stereocenters. The first kappa shape index (κ1) is 16.2. The van der Waals surface area contributed by atoms with E-state index in [1.54, 1.807) is 12.1 Å². The molecule has 108 valence electrons. The second kappa shape index (κ2) is 7.04. The predicted octanol–water partition coefficient (Wildman–Crippen LogP) is 4.52. The number of hydrogen-bond acceptors (Lipinski definition) is 1. The topological polar surface area (TPSA) is 12.0 Å². The molecule has 0 heterocycles. The Morgan fingerprint density at radius 2 is 1.74 bits per heavy atom. The molecule has 0 saturated carbocycles. The minimum Gasteiger partial charge on any atom is -0.313 e. The van der Waals surface area contributed by atoms with Gasteiger partial charge >= 0.3 is 0 Å². The summed E-state index contributed by atoms with van der Waals surface area (Å²) in [4.78, 5) is 0. The quantitative estimate of drug-likeness (QED) is 0.764.